The molecule has 0 spiro atoms. The standard InChI is InChI=1S/C21H20N4O6S/c1-3-29-19(26)16-14(11-32-21-25-24-18(31-21)15-5-4-10-30-15)22-20(27)23-17(16)12-6-8-13(28-2)9-7-12/h4-10,17H,3,11H2,1-2H3,(H2,22,23,27). The lowest BCUT2D eigenvalue weighted by molar-refractivity contribution is -0.139. The minimum atomic E-state index is -0.689. The number of nitrogens with one attached hydrogen (secondary N) is 2. The fourth-order valence-electron chi connectivity index (χ4n) is 3.13. The molecule has 166 valence electrons. The zero-order chi connectivity index (χ0) is 22.5. The van der Waals surface area contributed by atoms with Crippen LogP contribution in [0.1, 0.15) is 18.5 Å². The van der Waals surface area contributed by atoms with Crippen molar-refractivity contribution >= 4 is 23.8 Å². The van der Waals surface area contributed by atoms with E-state index in [1.165, 1.54) is 18.0 Å². The zero-order valence-electron chi connectivity index (χ0n) is 17.3. The normalized spacial score (nSPS) is 15.8. The van der Waals surface area contributed by atoms with Gasteiger partial charge in [0.15, 0.2) is 5.76 Å². The van der Waals surface area contributed by atoms with Gasteiger partial charge in [-0.25, -0.2) is 9.59 Å². The lowest BCUT2D eigenvalue weighted by Gasteiger charge is -2.29. The van der Waals surface area contributed by atoms with Crippen molar-refractivity contribution in [1.82, 2.24) is 20.8 Å². The number of urea groups is 1. The Morgan fingerprint density at radius 2 is 2.03 bits per heavy atom. The largest absolute Gasteiger partial charge is 0.497 e. The number of amides is 2. The van der Waals surface area contributed by atoms with E-state index in [9.17, 15) is 9.59 Å². The van der Waals surface area contributed by atoms with Gasteiger partial charge in [0.1, 0.15) is 5.75 Å². The van der Waals surface area contributed by atoms with E-state index in [4.69, 9.17) is 18.3 Å². The van der Waals surface area contributed by atoms with Crippen molar-refractivity contribution in [2.75, 3.05) is 19.5 Å². The number of thioether (sulfide) groups is 1. The van der Waals surface area contributed by atoms with Gasteiger partial charge in [-0.05, 0) is 36.8 Å². The average molecular weight is 456 g/mol. The van der Waals surface area contributed by atoms with Crippen LogP contribution < -0.4 is 15.4 Å². The highest BCUT2D eigenvalue weighted by Gasteiger charge is 2.34. The summed E-state index contributed by atoms with van der Waals surface area (Å²) in [7, 11) is 1.56. The van der Waals surface area contributed by atoms with Crippen LogP contribution in [0.2, 0.25) is 0 Å². The van der Waals surface area contributed by atoms with Gasteiger partial charge in [0.25, 0.3) is 11.1 Å². The molecule has 2 amide bonds. The van der Waals surface area contributed by atoms with Crippen LogP contribution in [0.4, 0.5) is 4.79 Å². The Hall–Kier alpha value is -3.73. The van der Waals surface area contributed by atoms with Gasteiger partial charge < -0.3 is 28.9 Å². The third kappa shape index (κ3) is 4.62. The Morgan fingerprint density at radius 3 is 2.72 bits per heavy atom. The van der Waals surface area contributed by atoms with Crippen LogP contribution in [0.5, 0.6) is 5.75 Å². The summed E-state index contributed by atoms with van der Waals surface area (Å²) in [5, 5.41) is 13.7. The van der Waals surface area contributed by atoms with Gasteiger partial charge in [-0.3, -0.25) is 0 Å². The molecule has 1 atom stereocenters. The summed E-state index contributed by atoms with van der Waals surface area (Å²) in [6, 6.07) is 9.38. The summed E-state index contributed by atoms with van der Waals surface area (Å²) >= 11 is 1.18. The molecule has 0 saturated carbocycles. The maximum absolute atomic E-state index is 12.8. The van der Waals surface area contributed by atoms with Gasteiger partial charge in [0, 0.05) is 11.4 Å². The van der Waals surface area contributed by atoms with Crippen molar-refractivity contribution in [2.45, 2.75) is 18.2 Å². The quantitative estimate of drug-likeness (QED) is 0.387. The molecule has 0 aliphatic carbocycles. The number of esters is 1. The number of ether oxygens (including phenoxy) is 2. The molecule has 1 aliphatic rings. The highest BCUT2D eigenvalue weighted by Crippen LogP contribution is 2.32. The molecule has 0 fully saturated rings. The Bertz CT molecular complexity index is 1120. The maximum Gasteiger partial charge on any atom is 0.338 e. The molecule has 1 unspecified atom stereocenters. The summed E-state index contributed by atoms with van der Waals surface area (Å²) in [4.78, 5) is 25.2. The highest BCUT2D eigenvalue weighted by atomic mass is 32.2. The summed E-state index contributed by atoms with van der Waals surface area (Å²) < 4.78 is 21.3. The first-order valence-corrected chi connectivity index (χ1v) is 10.7. The van der Waals surface area contributed by atoms with Gasteiger partial charge in [0.2, 0.25) is 0 Å². The van der Waals surface area contributed by atoms with Crippen molar-refractivity contribution in [3.8, 4) is 17.4 Å². The molecular weight excluding hydrogens is 436 g/mol. The number of hydrogen-bond acceptors (Lipinski definition) is 9. The minimum Gasteiger partial charge on any atom is -0.497 e. The van der Waals surface area contributed by atoms with E-state index in [1.807, 2.05) is 0 Å². The molecule has 4 rings (SSSR count). The van der Waals surface area contributed by atoms with Crippen LogP contribution in [0.3, 0.4) is 0 Å². The summed E-state index contributed by atoms with van der Waals surface area (Å²) in [5.74, 6) is 1.02. The van der Waals surface area contributed by atoms with Crippen LogP contribution in [0.25, 0.3) is 11.7 Å². The van der Waals surface area contributed by atoms with Crippen molar-refractivity contribution in [3.63, 3.8) is 0 Å². The molecule has 0 saturated heterocycles. The van der Waals surface area contributed by atoms with E-state index in [-0.39, 0.29) is 23.5 Å². The molecule has 3 heterocycles. The summed E-state index contributed by atoms with van der Waals surface area (Å²) in [6.45, 7) is 1.92. The summed E-state index contributed by atoms with van der Waals surface area (Å²) in [5.41, 5.74) is 1.41. The predicted molar refractivity (Wildman–Crippen MR) is 114 cm³/mol. The monoisotopic (exact) mass is 456 g/mol. The van der Waals surface area contributed by atoms with E-state index < -0.39 is 18.0 Å². The molecule has 0 radical (unpaired) electrons. The lowest BCUT2D eigenvalue weighted by atomic mass is 9.95. The van der Waals surface area contributed by atoms with Crippen LogP contribution in [-0.4, -0.2) is 41.7 Å². The van der Waals surface area contributed by atoms with Gasteiger partial charge >= 0.3 is 12.0 Å². The van der Waals surface area contributed by atoms with Gasteiger partial charge in [0.05, 0.1) is 31.6 Å². The molecule has 11 heteroatoms. The summed E-state index contributed by atoms with van der Waals surface area (Å²) in [6.07, 6.45) is 1.51. The minimum absolute atomic E-state index is 0.197. The second kappa shape index (κ2) is 9.60. The maximum atomic E-state index is 12.8. The molecule has 10 nitrogen and oxygen atoms in total. The van der Waals surface area contributed by atoms with Gasteiger partial charge in [-0.1, -0.05) is 23.9 Å². The van der Waals surface area contributed by atoms with Crippen LogP contribution in [0, 0.1) is 0 Å². The number of benzene rings is 1. The fraction of sp³-hybridized carbons (Fsp3) is 0.238. The highest BCUT2D eigenvalue weighted by molar-refractivity contribution is 7.99. The zero-order valence-corrected chi connectivity index (χ0v) is 18.1. The number of carbonyl (C=O) groups is 2. The van der Waals surface area contributed by atoms with E-state index >= 15 is 0 Å². The lowest BCUT2D eigenvalue weighted by Crippen LogP contribution is -2.46. The molecule has 2 aromatic heterocycles. The Balaban J connectivity index is 1.62. The van der Waals surface area contributed by atoms with Crippen molar-refractivity contribution in [2.24, 2.45) is 0 Å². The molecular formula is C21H20N4O6S. The molecule has 1 aliphatic heterocycles. The van der Waals surface area contributed by atoms with Gasteiger partial charge in [-0.15, -0.1) is 10.2 Å². The molecule has 32 heavy (non-hydrogen) atoms. The number of aromatic nitrogens is 2. The number of nitrogens with zero attached hydrogens (tertiary/aromatic N) is 2. The van der Waals surface area contributed by atoms with Crippen LogP contribution in [-0.2, 0) is 9.53 Å². The first-order chi connectivity index (χ1) is 15.6. The third-order valence-corrected chi connectivity index (χ3v) is 5.42. The van der Waals surface area contributed by atoms with E-state index in [1.54, 1.807) is 50.4 Å². The van der Waals surface area contributed by atoms with Crippen molar-refractivity contribution in [3.05, 3.63) is 59.5 Å². The van der Waals surface area contributed by atoms with Crippen molar-refractivity contribution in [1.29, 1.82) is 0 Å². The molecule has 2 N–H and O–H groups in total. The third-order valence-electron chi connectivity index (χ3n) is 4.58. The van der Waals surface area contributed by atoms with E-state index in [0.717, 1.165) is 0 Å². The first-order valence-electron chi connectivity index (χ1n) is 9.70. The van der Waals surface area contributed by atoms with E-state index in [2.05, 4.69) is 20.8 Å². The van der Waals surface area contributed by atoms with Crippen LogP contribution in [0.15, 0.2) is 68.0 Å². The Morgan fingerprint density at radius 1 is 1.22 bits per heavy atom. The SMILES string of the molecule is CCOC(=O)C1=C(CSc2nnc(-c3ccco3)o2)NC(=O)NC1c1ccc(OC)cc1. The fourth-order valence-corrected chi connectivity index (χ4v) is 3.86. The molecule has 0 bridgehead atoms. The molecule has 1 aromatic carbocycles. The molecule has 3 aromatic rings. The second-order valence-corrected chi connectivity index (χ2v) is 7.48. The number of furan rings is 1. The number of methoxy groups -OCH3 is 1. The van der Waals surface area contributed by atoms with Crippen LogP contribution >= 0.6 is 11.8 Å². The number of rotatable bonds is 8. The topological polar surface area (TPSA) is 129 Å². The first kappa shape index (κ1) is 21.5. The van der Waals surface area contributed by atoms with Gasteiger partial charge in [-0.2, -0.15) is 0 Å². The Labute approximate surface area is 187 Å². The van der Waals surface area contributed by atoms with E-state index in [0.29, 0.717) is 28.3 Å². The van der Waals surface area contributed by atoms with Crippen molar-refractivity contribution < 1.29 is 27.9 Å². The predicted octanol–water partition coefficient (Wildman–Crippen LogP) is 3.30. The second-order valence-electron chi connectivity index (χ2n) is 6.56. The Kier molecular flexibility index (Phi) is 6.45. The smallest absolute Gasteiger partial charge is 0.338 e. The number of carbonyl (C=O) groups excluding carboxylic acids is 2. The average Bonchev–Trinajstić information content (AvgIpc) is 3.49. The number of hydrogen-bond donors (Lipinski definition) is 2.